The predicted octanol–water partition coefficient (Wildman–Crippen LogP) is 1.60. The third-order valence-corrected chi connectivity index (χ3v) is 5.64. The molecule has 0 bridgehead atoms. The SMILES string of the molecule is C=CCCC(O)CN(C)C1CCCCC1S(C)(=O)=O. The first-order chi connectivity index (χ1) is 8.86. The highest BCUT2D eigenvalue weighted by Crippen LogP contribution is 2.27. The van der Waals surface area contributed by atoms with Gasteiger partial charge >= 0.3 is 0 Å². The van der Waals surface area contributed by atoms with Gasteiger partial charge in [-0.05, 0) is 32.7 Å². The number of aliphatic hydroxyl groups excluding tert-OH is 1. The predicted molar refractivity (Wildman–Crippen MR) is 79.0 cm³/mol. The molecule has 0 spiro atoms. The first-order valence-electron chi connectivity index (χ1n) is 7.04. The van der Waals surface area contributed by atoms with E-state index in [9.17, 15) is 13.5 Å². The Labute approximate surface area is 117 Å². The van der Waals surface area contributed by atoms with Crippen molar-refractivity contribution in [2.45, 2.75) is 55.9 Å². The summed E-state index contributed by atoms with van der Waals surface area (Å²) in [7, 11) is -1.09. The maximum atomic E-state index is 11.9. The molecule has 1 fully saturated rings. The second-order valence-corrected chi connectivity index (χ2v) is 7.94. The average molecular weight is 289 g/mol. The van der Waals surface area contributed by atoms with E-state index in [1.165, 1.54) is 6.26 Å². The van der Waals surface area contributed by atoms with Crippen molar-refractivity contribution in [3.8, 4) is 0 Å². The van der Waals surface area contributed by atoms with Crippen LogP contribution in [-0.4, -0.2) is 55.7 Å². The van der Waals surface area contributed by atoms with Gasteiger partial charge in [-0.15, -0.1) is 6.58 Å². The van der Waals surface area contributed by atoms with E-state index >= 15 is 0 Å². The summed E-state index contributed by atoms with van der Waals surface area (Å²) in [5, 5.41) is 9.65. The van der Waals surface area contributed by atoms with Crippen molar-refractivity contribution in [1.29, 1.82) is 0 Å². The highest BCUT2D eigenvalue weighted by Gasteiger charge is 2.35. The molecule has 0 radical (unpaired) electrons. The van der Waals surface area contributed by atoms with Gasteiger partial charge in [0.25, 0.3) is 0 Å². The van der Waals surface area contributed by atoms with Crippen LogP contribution in [-0.2, 0) is 9.84 Å². The van der Waals surface area contributed by atoms with Crippen LogP contribution in [0.2, 0.25) is 0 Å². The summed E-state index contributed by atoms with van der Waals surface area (Å²) in [5.74, 6) is 0. The molecule has 0 amide bonds. The molecule has 19 heavy (non-hydrogen) atoms. The Bertz CT molecular complexity index is 380. The zero-order chi connectivity index (χ0) is 14.5. The summed E-state index contributed by atoms with van der Waals surface area (Å²) in [6.45, 7) is 4.17. The number of sulfone groups is 1. The van der Waals surface area contributed by atoms with E-state index in [1.54, 1.807) is 6.08 Å². The summed E-state index contributed by atoms with van der Waals surface area (Å²) < 4.78 is 23.7. The third kappa shape index (κ3) is 5.24. The summed E-state index contributed by atoms with van der Waals surface area (Å²) in [6, 6.07) is 0.0436. The fourth-order valence-corrected chi connectivity index (χ4v) is 4.46. The van der Waals surface area contributed by atoms with Crippen LogP contribution in [0.4, 0.5) is 0 Å². The molecule has 1 rings (SSSR count). The molecule has 4 nitrogen and oxygen atoms in total. The number of nitrogens with zero attached hydrogens (tertiary/aromatic N) is 1. The molecular weight excluding hydrogens is 262 g/mol. The lowest BCUT2D eigenvalue weighted by molar-refractivity contribution is 0.0875. The molecule has 0 aromatic heterocycles. The van der Waals surface area contributed by atoms with E-state index in [2.05, 4.69) is 6.58 Å². The topological polar surface area (TPSA) is 57.6 Å². The molecule has 1 N–H and O–H groups in total. The van der Waals surface area contributed by atoms with Crippen LogP contribution in [0.15, 0.2) is 12.7 Å². The van der Waals surface area contributed by atoms with E-state index < -0.39 is 15.9 Å². The molecule has 0 aliphatic heterocycles. The van der Waals surface area contributed by atoms with Crippen LogP contribution < -0.4 is 0 Å². The lowest BCUT2D eigenvalue weighted by atomic mass is 9.93. The Kier molecular flexibility index (Phi) is 6.50. The average Bonchev–Trinajstić information content (AvgIpc) is 2.35. The molecule has 5 heteroatoms. The Morgan fingerprint density at radius 1 is 1.42 bits per heavy atom. The van der Waals surface area contributed by atoms with E-state index in [0.29, 0.717) is 13.0 Å². The molecule has 112 valence electrons. The Hall–Kier alpha value is -0.390. The van der Waals surface area contributed by atoms with Crippen molar-refractivity contribution in [2.75, 3.05) is 19.8 Å². The van der Waals surface area contributed by atoms with E-state index in [-0.39, 0.29) is 11.3 Å². The molecule has 1 aliphatic rings. The fraction of sp³-hybridized carbons (Fsp3) is 0.857. The number of rotatable bonds is 7. The largest absolute Gasteiger partial charge is 0.392 e. The standard InChI is InChI=1S/C14H27NO3S/c1-4-5-8-12(16)11-15(2)13-9-6-7-10-14(13)19(3,17)18/h4,12-14,16H,1,5-11H2,2-3H3. The first kappa shape index (κ1) is 16.7. The van der Waals surface area contributed by atoms with Gasteiger partial charge in [-0.2, -0.15) is 0 Å². The monoisotopic (exact) mass is 289 g/mol. The van der Waals surface area contributed by atoms with Crippen molar-refractivity contribution >= 4 is 9.84 Å². The van der Waals surface area contributed by atoms with Crippen LogP contribution in [0.5, 0.6) is 0 Å². The molecule has 1 saturated carbocycles. The summed E-state index contributed by atoms with van der Waals surface area (Å²) in [5.41, 5.74) is 0. The molecule has 3 atom stereocenters. The molecule has 0 aromatic rings. The summed E-state index contributed by atoms with van der Waals surface area (Å²) in [6.07, 6.45) is 7.90. The molecule has 0 saturated heterocycles. The van der Waals surface area contributed by atoms with Crippen LogP contribution >= 0.6 is 0 Å². The van der Waals surface area contributed by atoms with Gasteiger partial charge in [0.15, 0.2) is 9.84 Å². The van der Waals surface area contributed by atoms with Crippen LogP contribution in [0.1, 0.15) is 38.5 Å². The van der Waals surface area contributed by atoms with Gasteiger partial charge in [-0.25, -0.2) is 8.42 Å². The maximum absolute atomic E-state index is 11.9. The van der Waals surface area contributed by atoms with Gasteiger partial charge in [0.1, 0.15) is 0 Å². The smallest absolute Gasteiger partial charge is 0.151 e. The quantitative estimate of drug-likeness (QED) is 0.723. The van der Waals surface area contributed by atoms with Crippen molar-refractivity contribution in [1.82, 2.24) is 4.90 Å². The third-order valence-electron chi connectivity index (χ3n) is 3.99. The van der Waals surface area contributed by atoms with Crippen LogP contribution in [0, 0.1) is 0 Å². The van der Waals surface area contributed by atoms with Crippen LogP contribution in [0.3, 0.4) is 0 Å². The van der Waals surface area contributed by atoms with Crippen molar-refractivity contribution < 1.29 is 13.5 Å². The second kappa shape index (κ2) is 7.41. The first-order valence-corrected chi connectivity index (χ1v) is 8.99. The van der Waals surface area contributed by atoms with Crippen molar-refractivity contribution in [2.24, 2.45) is 0 Å². The lowest BCUT2D eigenvalue weighted by Gasteiger charge is -2.37. The van der Waals surface area contributed by atoms with E-state index in [1.807, 2.05) is 11.9 Å². The minimum atomic E-state index is -3.01. The van der Waals surface area contributed by atoms with Gasteiger partial charge < -0.3 is 5.11 Å². The molecule has 1 aliphatic carbocycles. The van der Waals surface area contributed by atoms with Gasteiger partial charge in [0.05, 0.1) is 11.4 Å². The Morgan fingerprint density at radius 2 is 2.05 bits per heavy atom. The van der Waals surface area contributed by atoms with Gasteiger partial charge in [-0.3, -0.25) is 4.90 Å². The number of hydrogen-bond acceptors (Lipinski definition) is 4. The Balaban J connectivity index is 2.62. The van der Waals surface area contributed by atoms with E-state index in [4.69, 9.17) is 0 Å². The number of aliphatic hydroxyl groups is 1. The highest BCUT2D eigenvalue weighted by molar-refractivity contribution is 7.91. The zero-order valence-corrected chi connectivity index (χ0v) is 12.9. The summed E-state index contributed by atoms with van der Waals surface area (Å²) >= 11 is 0. The minimum Gasteiger partial charge on any atom is -0.392 e. The molecular formula is C14H27NO3S. The number of allylic oxidation sites excluding steroid dienone is 1. The second-order valence-electron chi connectivity index (χ2n) is 5.68. The van der Waals surface area contributed by atoms with Gasteiger partial charge in [-0.1, -0.05) is 18.9 Å². The summed E-state index contributed by atoms with van der Waals surface area (Å²) in [4.78, 5) is 2.03. The molecule has 3 unspecified atom stereocenters. The molecule has 0 aromatic carbocycles. The fourth-order valence-electron chi connectivity index (χ4n) is 2.95. The molecule has 0 heterocycles. The number of hydrogen-bond donors (Lipinski definition) is 1. The van der Waals surface area contributed by atoms with Crippen molar-refractivity contribution in [3.63, 3.8) is 0 Å². The lowest BCUT2D eigenvalue weighted by Crippen LogP contribution is -2.49. The zero-order valence-electron chi connectivity index (χ0n) is 12.1. The van der Waals surface area contributed by atoms with Gasteiger partial charge in [0, 0.05) is 18.8 Å². The van der Waals surface area contributed by atoms with Crippen LogP contribution in [0.25, 0.3) is 0 Å². The van der Waals surface area contributed by atoms with E-state index in [0.717, 1.165) is 32.1 Å². The Morgan fingerprint density at radius 3 is 2.63 bits per heavy atom. The normalized spacial score (nSPS) is 26.3. The highest BCUT2D eigenvalue weighted by atomic mass is 32.2. The van der Waals surface area contributed by atoms with Gasteiger partial charge in [0.2, 0.25) is 0 Å². The van der Waals surface area contributed by atoms with Crippen molar-refractivity contribution in [3.05, 3.63) is 12.7 Å². The minimum absolute atomic E-state index is 0.0436. The number of likely N-dealkylation sites (N-methyl/N-ethyl adjacent to an activating group) is 1. The maximum Gasteiger partial charge on any atom is 0.151 e.